The number of aromatic nitrogens is 2. The fraction of sp³-hybridized carbons (Fsp3) is 0.714. The topological polar surface area (TPSA) is 66.0 Å². The number of hydrogen-bond donors (Lipinski definition) is 2. The van der Waals surface area contributed by atoms with Gasteiger partial charge in [0.25, 0.3) is 5.56 Å². The van der Waals surface area contributed by atoms with Crippen LogP contribution in [0, 0.1) is 0 Å². The van der Waals surface area contributed by atoms with Crippen molar-refractivity contribution in [2.24, 2.45) is 0 Å². The van der Waals surface area contributed by atoms with Gasteiger partial charge in [0.05, 0.1) is 5.56 Å². The zero-order chi connectivity index (χ0) is 14.3. The number of hydrogen-bond acceptors (Lipinski definition) is 4. The molecule has 5 heteroatoms. The summed E-state index contributed by atoms with van der Waals surface area (Å²) in [6.07, 6.45) is 5.56. The van der Waals surface area contributed by atoms with Gasteiger partial charge < -0.3 is 10.1 Å². The molecule has 0 radical (unpaired) electrons. The van der Waals surface area contributed by atoms with E-state index in [9.17, 15) is 9.90 Å². The smallest absolute Gasteiger partial charge is 0.258 e. The Morgan fingerprint density at radius 1 is 1.32 bits per heavy atom. The normalized spacial score (nSPS) is 12.6. The zero-order valence-corrected chi connectivity index (χ0v) is 12.8. The molecule has 0 bridgehead atoms. The minimum absolute atomic E-state index is 0.0276. The summed E-state index contributed by atoms with van der Waals surface area (Å²) in [5.41, 5.74) is 0.191. The fourth-order valence-electron chi connectivity index (χ4n) is 1.86. The van der Waals surface area contributed by atoms with Gasteiger partial charge in [-0.2, -0.15) is 4.98 Å². The summed E-state index contributed by atoms with van der Waals surface area (Å²) in [5.74, 6) is 0.833. The third-order valence-corrected chi connectivity index (χ3v) is 4.21. The van der Waals surface area contributed by atoms with Gasteiger partial charge in [-0.3, -0.25) is 4.79 Å². The lowest BCUT2D eigenvalue weighted by molar-refractivity contribution is 0.429. The first kappa shape index (κ1) is 16.1. The third kappa shape index (κ3) is 4.90. The van der Waals surface area contributed by atoms with Gasteiger partial charge in [-0.15, -0.1) is 0 Å². The molecule has 2 N–H and O–H groups in total. The van der Waals surface area contributed by atoms with Crippen molar-refractivity contribution >= 4 is 11.8 Å². The Labute approximate surface area is 119 Å². The van der Waals surface area contributed by atoms with Gasteiger partial charge >= 0.3 is 0 Å². The van der Waals surface area contributed by atoms with E-state index >= 15 is 0 Å². The lowest BCUT2D eigenvalue weighted by atomic mass is 10.0. The SMILES string of the molecule is CCCCCCSc1nc(O)c(C(C)CC)c(=O)[nH]1. The summed E-state index contributed by atoms with van der Waals surface area (Å²) in [4.78, 5) is 18.8. The second-order valence-corrected chi connectivity index (χ2v) is 5.91. The Balaban J connectivity index is 2.65. The Hall–Kier alpha value is -0.970. The van der Waals surface area contributed by atoms with E-state index in [1.54, 1.807) is 0 Å². The van der Waals surface area contributed by atoms with Crippen LogP contribution in [0.4, 0.5) is 0 Å². The van der Waals surface area contributed by atoms with Crippen molar-refractivity contribution in [3.8, 4) is 5.88 Å². The quantitative estimate of drug-likeness (QED) is 0.434. The molecule has 1 heterocycles. The van der Waals surface area contributed by atoms with E-state index in [2.05, 4.69) is 16.9 Å². The van der Waals surface area contributed by atoms with Crippen molar-refractivity contribution < 1.29 is 5.11 Å². The number of H-pyrrole nitrogens is 1. The first-order valence-corrected chi connectivity index (χ1v) is 8.04. The van der Waals surface area contributed by atoms with Crippen LogP contribution in [0.15, 0.2) is 9.95 Å². The van der Waals surface area contributed by atoms with Crippen LogP contribution in [0.3, 0.4) is 0 Å². The van der Waals surface area contributed by atoms with Crippen molar-refractivity contribution in [1.29, 1.82) is 0 Å². The van der Waals surface area contributed by atoms with E-state index in [4.69, 9.17) is 0 Å². The summed E-state index contributed by atoms with van der Waals surface area (Å²) in [5, 5.41) is 10.4. The summed E-state index contributed by atoms with van der Waals surface area (Å²) < 4.78 is 0. The molecule has 19 heavy (non-hydrogen) atoms. The van der Waals surface area contributed by atoms with Gasteiger partial charge in [0.1, 0.15) is 0 Å². The molecular weight excluding hydrogens is 260 g/mol. The molecule has 1 unspecified atom stereocenters. The Morgan fingerprint density at radius 2 is 2.05 bits per heavy atom. The largest absolute Gasteiger partial charge is 0.493 e. The van der Waals surface area contributed by atoms with Crippen LogP contribution in [0.2, 0.25) is 0 Å². The highest BCUT2D eigenvalue weighted by atomic mass is 32.2. The van der Waals surface area contributed by atoms with Crippen LogP contribution in [0.5, 0.6) is 5.88 Å². The maximum Gasteiger partial charge on any atom is 0.258 e. The standard InChI is InChI=1S/C14H24N2O2S/c1-4-6-7-8-9-19-14-15-12(17)11(10(3)5-2)13(18)16-14/h10H,4-9H2,1-3H3,(H2,15,16,17,18). The Morgan fingerprint density at radius 3 is 2.63 bits per heavy atom. The van der Waals surface area contributed by atoms with Crippen molar-refractivity contribution in [2.45, 2.75) is 63.9 Å². The lowest BCUT2D eigenvalue weighted by Gasteiger charge is -2.10. The molecule has 0 aliphatic rings. The van der Waals surface area contributed by atoms with E-state index in [0.29, 0.717) is 10.7 Å². The highest BCUT2D eigenvalue weighted by Crippen LogP contribution is 2.24. The average molecular weight is 284 g/mol. The van der Waals surface area contributed by atoms with Crippen LogP contribution in [0.1, 0.15) is 64.4 Å². The molecule has 4 nitrogen and oxygen atoms in total. The number of nitrogens with zero attached hydrogens (tertiary/aromatic N) is 1. The molecule has 0 fully saturated rings. The second kappa shape index (κ2) is 8.25. The van der Waals surface area contributed by atoms with Crippen molar-refractivity contribution in [3.05, 3.63) is 15.9 Å². The van der Waals surface area contributed by atoms with E-state index in [1.165, 1.54) is 31.0 Å². The van der Waals surface area contributed by atoms with Gasteiger partial charge in [-0.1, -0.05) is 51.8 Å². The van der Waals surface area contributed by atoms with Gasteiger partial charge in [-0.25, -0.2) is 0 Å². The van der Waals surface area contributed by atoms with Crippen molar-refractivity contribution in [3.63, 3.8) is 0 Å². The highest BCUT2D eigenvalue weighted by molar-refractivity contribution is 7.99. The van der Waals surface area contributed by atoms with Crippen LogP contribution in [-0.4, -0.2) is 20.8 Å². The molecule has 0 amide bonds. The van der Waals surface area contributed by atoms with E-state index < -0.39 is 0 Å². The summed E-state index contributed by atoms with van der Waals surface area (Å²) in [6, 6.07) is 0. The summed E-state index contributed by atoms with van der Waals surface area (Å²) >= 11 is 1.50. The van der Waals surface area contributed by atoms with Crippen molar-refractivity contribution in [2.75, 3.05) is 5.75 Å². The number of aromatic amines is 1. The fourth-order valence-corrected chi connectivity index (χ4v) is 2.72. The zero-order valence-electron chi connectivity index (χ0n) is 12.0. The number of rotatable bonds is 8. The molecular formula is C14H24N2O2S. The second-order valence-electron chi connectivity index (χ2n) is 4.83. The molecule has 0 saturated heterocycles. The molecule has 0 spiro atoms. The lowest BCUT2D eigenvalue weighted by Crippen LogP contribution is -2.17. The molecule has 1 aromatic heterocycles. The van der Waals surface area contributed by atoms with Crippen molar-refractivity contribution in [1.82, 2.24) is 9.97 Å². The van der Waals surface area contributed by atoms with Crippen LogP contribution in [0.25, 0.3) is 0 Å². The predicted molar refractivity (Wildman–Crippen MR) is 80.1 cm³/mol. The molecule has 108 valence electrons. The minimum atomic E-state index is -0.210. The Bertz CT molecular complexity index is 446. The maximum absolute atomic E-state index is 11.9. The maximum atomic E-state index is 11.9. The molecule has 0 aromatic carbocycles. The molecule has 1 rings (SSSR count). The molecule has 1 aromatic rings. The summed E-state index contributed by atoms with van der Waals surface area (Å²) in [7, 11) is 0. The minimum Gasteiger partial charge on any atom is -0.493 e. The molecule has 0 aliphatic carbocycles. The van der Waals surface area contributed by atoms with E-state index in [1.807, 2.05) is 13.8 Å². The Kier molecular flexibility index (Phi) is 6.99. The summed E-state index contributed by atoms with van der Waals surface area (Å²) in [6.45, 7) is 6.08. The third-order valence-electron chi connectivity index (χ3n) is 3.26. The first-order valence-electron chi connectivity index (χ1n) is 7.06. The van der Waals surface area contributed by atoms with Gasteiger partial charge in [0.15, 0.2) is 5.16 Å². The van der Waals surface area contributed by atoms with E-state index in [-0.39, 0.29) is 17.4 Å². The number of nitrogens with one attached hydrogen (secondary N) is 1. The molecule has 0 saturated carbocycles. The van der Waals surface area contributed by atoms with Gasteiger partial charge in [-0.05, 0) is 18.8 Å². The number of unbranched alkanes of at least 4 members (excludes halogenated alkanes) is 3. The van der Waals surface area contributed by atoms with Crippen LogP contribution in [-0.2, 0) is 0 Å². The molecule has 1 atom stereocenters. The van der Waals surface area contributed by atoms with Gasteiger partial charge in [0.2, 0.25) is 5.88 Å². The monoisotopic (exact) mass is 284 g/mol. The average Bonchev–Trinajstić information content (AvgIpc) is 2.37. The van der Waals surface area contributed by atoms with Crippen LogP contribution < -0.4 is 5.56 Å². The number of thioether (sulfide) groups is 1. The first-order chi connectivity index (χ1) is 9.10. The predicted octanol–water partition coefficient (Wildman–Crippen LogP) is 3.66. The van der Waals surface area contributed by atoms with Gasteiger partial charge in [0, 0.05) is 5.75 Å². The number of aromatic hydroxyl groups is 1. The van der Waals surface area contributed by atoms with Crippen LogP contribution >= 0.6 is 11.8 Å². The molecule has 0 aliphatic heterocycles. The highest BCUT2D eigenvalue weighted by Gasteiger charge is 2.16. The van der Waals surface area contributed by atoms with E-state index in [0.717, 1.165) is 18.6 Å².